The lowest BCUT2D eigenvalue weighted by molar-refractivity contribution is -0.120. The van der Waals surface area contributed by atoms with E-state index in [2.05, 4.69) is 29.0 Å². The molecule has 0 spiro atoms. The van der Waals surface area contributed by atoms with Crippen molar-refractivity contribution in [1.82, 2.24) is 9.97 Å². The van der Waals surface area contributed by atoms with Crippen molar-refractivity contribution in [2.45, 2.75) is 33.1 Å². The lowest BCUT2D eigenvalue weighted by atomic mass is 9.86. The Bertz CT molecular complexity index is 836. The highest BCUT2D eigenvalue weighted by molar-refractivity contribution is 5.94. The Labute approximate surface area is 166 Å². The summed E-state index contributed by atoms with van der Waals surface area (Å²) in [5.41, 5.74) is 2.73. The second kappa shape index (κ2) is 8.91. The van der Waals surface area contributed by atoms with Crippen LogP contribution in [0, 0.1) is 5.92 Å². The molecule has 0 radical (unpaired) electrons. The molecule has 28 heavy (non-hydrogen) atoms. The Morgan fingerprint density at radius 1 is 1.25 bits per heavy atom. The van der Waals surface area contributed by atoms with E-state index in [1.807, 2.05) is 6.20 Å². The molecule has 0 unspecified atom stereocenters. The third kappa shape index (κ3) is 4.18. The summed E-state index contributed by atoms with van der Waals surface area (Å²) in [6, 6.07) is 5.36. The highest BCUT2D eigenvalue weighted by atomic mass is 16.5. The predicted molar refractivity (Wildman–Crippen MR) is 109 cm³/mol. The first-order chi connectivity index (χ1) is 13.6. The Hall–Kier alpha value is -2.83. The molecule has 1 aromatic heterocycles. The second-order valence-electron chi connectivity index (χ2n) is 6.81. The average molecular weight is 384 g/mol. The fourth-order valence-electron chi connectivity index (χ4n) is 3.53. The zero-order chi connectivity index (χ0) is 20.1. The number of carbonyl (C=O) groups excluding carboxylic acids is 1. The Kier molecular flexibility index (Phi) is 6.34. The molecule has 1 atom stereocenters. The van der Waals surface area contributed by atoms with Gasteiger partial charge in [-0.15, -0.1) is 0 Å². The van der Waals surface area contributed by atoms with Crippen LogP contribution in [-0.4, -0.2) is 43.2 Å². The molecule has 0 saturated heterocycles. The van der Waals surface area contributed by atoms with Gasteiger partial charge in [-0.2, -0.15) is 0 Å². The normalized spacial score (nSPS) is 15.5. The number of methoxy groups -OCH3 is 2. The number of hydrogen-bond acceptors (Lipinski definition) is 6. The van der Waals surface area contributed by atoms with Gasteiger partial charge in [0.25, 0.3) is 0 Å². The van der Waals surface area contributed by atoms with Crippen LogP contribution in [-0.2, 0) is 17.6 Å². The van der Waals surface area contributed by atoms with Crippen LogP contribution >= 0.6 is 0 Å². The van der Waals surface area contributed by atoms with Gasteiger partial charge in [-0.25, -0.2) is 9.97 Å². The standard InChI is InChI=1S/C21H28N4O3/c1-5-25(6-2)21-22-13-15-11-14(7-9-17(15)24-21)20(26)23-18-12-16(27-3)8-10-19(18)28-4/h8,10,12-14H,5-7,9,11H2,1-4H3,(H,23,26)/t14-/m0/s1. The molecule has 3 rings (SSSR count). The van der Waals surface area contributed by atoms with Crippen molar-refractivity contribution in [3.8, 4) is 11.5 Å². The summed E-state index contributed by atoms with van der Waals surface area (Å²) < 4.78 is 10.6. The summed E-state index contributed by atoms with van der Waals surface area (Å²) in [5.74, 6) is 1.91. The van der Waals surface area contributed by atoms with E-state index in [0.717, 1.165) is 43.1 Å². The van der Waals surface area contributed by atoms with Crippen LogP contribution < -0.4 is 19.7 Å². The molecule has 0 saturated carbocycles. The number of nitrogens with one attached hydrogen (secondary N) is 1. The second-order valence-corrected chi connectivity index (χ2v) is 6.81. The molecule has 7 heteroatoms. The van der Waals surface area contributed by atoms with Crippen molar-refractivity contribution < 1.29 is 14.3 Å². The van der Waals surface area contributed by atoms with Gasteiger partial charge in [0, 0.05) is 37.0 Å². The van der Waals surface area contributed by atoms with E-state index in [4.69, 9.17) is 14.5 Å². The summed E-state index contributed by atoms with van der Waals surface area (Å²) >= 11 is 0. The topological polar surface area (TPSA) is 76.6 Å². The number of ether oxygens (including phenoxy) is 2. The maximum atomic E-state index is 12.9. The highest BCUT2D eigenvalue weighted by Crippen LogP contribution is 2.31. The molecular weight excluding hydrogens is 356 g/mol. The molecule has 1 heterocycles. The number of aromatic nitrogens is 2. The van der Waals surface area contributed by atoms with Crippen LogP contribution in [0.2, 0.25) is 0 Å². The smallest absolute Gasteiger partial charge is 0.227 e. The zero-order valence-electron chi connectivity index (χ0n) is 17.0. The highest BCUT2D eigenvalue weighted by Gasteiger charge is 2.27. The molecule has 0 aliphatic heterocycles. The number of nitrogens with zero attached hydrogens (tertiary/aromatic N) is 3. The first kappa shape index (κ1) is 19.9. The van der Waals surface area contributed by atoms with Crippen molar-refractivity contribution in [3.05, 3.63) is 35.7 Å². The van der Waals surface area contributed by atoms with Crippen LogP contribution in [0.1, 0.15) is 31.5 Å². The lowest BCUT2D eigenvalue weighted by Gasteiger charge is -2.25. The van der Waals surface area contributed by atoms with Crippen molar-refractivity contribution >= 4 is 17.5 Å². The molecule has 1 N–H and O–H groups in total. The number of carbonyl (C=O) groups is 1. The molecule has 150 valence electrons. The van der Waals surface area contributed by atoms with Gasteiger partial charge in [-0.1, -0.05) is 0 Å². The summed E-state index contributed by atoms with van der Waals surface area (Å²) in [5, 5.41) is 2.99. The molecule has 1 aromatic carbocycles. The number of hydrogen-bond donors (Lipinski definition) is 1. The summed E-state index contributed by atoms with van der Waals surface area (Å²) in [6.45, 7) is 5.95. The quantitative estimate of drug-likeness (QED) is 0.791. The number of fused-ring (bicyclic) bond motifs is 1. The van der Waals surface area contributed by atoms with Gasteiger partial charge < -0.3 is 19.7 Å². The molecule has 7 nitrogen and oxygen atoms in total. The number of aryl methyl sites for hydroxylation is 1. The number of benzene rings is 1. The van der Waals surface area contributed by atoms with Crippen molar-refractivity contribution in [3.63, 3.8) is 0 Å². The Morgan fingerprint density at radius 2 is 2.04 bits per heavy atom. The third-order valence-electron chi connectivity index (χ3n) is 5.22. The fraction of sp³-hybridized carbons (Fsp3) is 0.476. The monoisotopic (exact) mass is 384 g/mol. The average Bonchev–Trinajstić information content (AvgIpc) is 2.74. The maximum absolute atomic E-state index is 12.9. The SMILES string of the molecule is CCN(CC)c1ncc2c(n1)CC[C@H](C(=O)Nc1cc(OC)ccc1OC)C2. The van der Waals surface area contributed by atoms with Gasteiger partial charge in [0.1, 0.15) is 11.5 Å². The van der Waals surface area contributed by atoms with Gasteiger partial charge in [0.2, 0.25) is 11.9 Å². The van der Waals surface area contributed by atoms with Crippen LogP contribution in [0.4, 0.5) is 11.6 Å². The number of anilines is 2. The van der Waals surface area contributed by atoms with E-state index in [-0.39, 0.29) is 11.8 Å². The van der Waals surface area contributed by atoms with E-state index in [9.17, 15) is 4.79 Å². The maximum Gasteiger partial charge on any atom is 0.227 e. The van der Waals surface area contributed by atoms with Crippen LogP contribution in [0.3, 0.4) is 0 Å². The number of rotatable bonds is 7. The summed E-state index contributed by atoms with van der Waals surface area (Å²) in [4.78, 5) is 24.2. The van der Waals surface area contributed by atoms with Crippen LogP contribution in [0.15, 0.2) is 24.4 Å². The van der Waals surface area contributed by atoms with Crippen molar-refractivity contribution in [1.29, 1.82) is 0 Å². The molecule has 2 aromatic rings. The van der Waals surface area contributed by atoms with Crippen molar-refractivity contribution in [2.24, 2.45) is 5.92 Å². The lowest BCUT2D eigenvalue weighted by Crippen LogP contribution is -2.30. The van der Waals surface area contributed by atoms with E-state index in [1.54, 1.807) is 32.4 Å². The van der Waals surface area contributed by atoms with Crippen molar-refractivity contribution in [2.75, 3.05) is 37.5 Å². The first-order valence-corrected chi connectivity index (χ1v) is 9.72. The van der Waals surface area contributed by atoms with Gasteiger partial charge in [-0.3, -0.25) is 4.79 Å². The largest absolute Gasteiger partial charge is 0.497 e. The van der Waals surface area contributed by atoms with Gasteiger partial charge >= 0.3 is 0 Å². The minimum Gasteiger partial charge on any atom is -0.497 e. The first-order valence-electron chi connectivity index (χ1n) is 9.72. The Balaban J connectivity index is 1.73. The molecule has 0 fully saturated rings. The Morgan fingerprint density at radius 3 is 2.71 bits per heavy atom. The van der Waals surface area contributed by atoms with Gasteiger partial charge in [-0.05, 0) is 50.8 Å². The summed E-state index contributed by atoms with van der Waals surface area (Å²) in [7, 11) is 3.18. The van der Waals surface area contributed by atoms with E-state index in [1.165, 1.54) is 0 Å². The number of amides is 1. The molecule has 1 aliphatic carbocycles. The molecular formula is C21H28N4O3. The minimum atomic E-state index is -0.119. The zero-order valence-corrected chi connectivity index (χ0v) is 17.0. The van der Waals surface area contributed by atoms with E-state index >= 15 is 0 Å². The van der Waals surface area contributed by atoms with E-state index in [0.29, 0.717) is 23.6 Å². The summed E-state index contributed by atoms with van der Waals surface area (Å²) in [6.07, 6.45) is 4.06. The predicted octanol–water partition coefficient (Wildman–Crippen LogP) is 3.08. The van der Waals surface area contributed by atoms with E-state index < -0.39 is 0 Å². The fourth-order valence-corrected chi connectivity index (χ4v) is 3.53. The molecule has 1 amide bonds. The minimum absolute atomic E-state index is 0.0231. The van der Waals surface area contributed by atoms with Gasteiger partial charge in [0.15, 0.2) is 0 Å². The molecule has 1 aliphatic rings. The van der Waals surface area contributed by atoms with Crippen LogP contribution in [0.25, 0.3) is 0 Å². The third-order valence-corrected chi connectivity index (χ3v) is 5.22. The molecule has 0 bridgehead atoms. The van der Waals surface area contributed by atoms with Crippen LogP contribution in [0.5, 0.6) is 11.5 Å². The van der Waals surface area contributed by atoms with Gasteiger partial charge in [0.05, 0.1) is 19.9 Å².